The van der Waals surface area contributed by atoms with Crippen LogP contribution in [0.4, 0.5) is 5.82 Å². The van der Waals surface area contributed by atoms with E-state index in [2.05, 4.69) is 4.98 Å². The molecule has 0 aliphatic carbocycles. The molecule has 0 fully saturated rings. The number of pyridine rings is 1. The van der Waals surface area contributed by atoms with Crippen LogP contribution in [0.1, 0.15) is 15.9 Å². The molecule has 0 bridgehead atoms. The summed E-state index contributed by atoms with van der Waals surface area (Å²) in [6, 6.07) is 7.61. The van der Waals surface area contributed by atoms with Gasteiger partial charge >= 0.3 is 0 Å². The Morgan fingerprint density at radius 2 is 2.14 bits per heavy atom. The number of aryl methyl sites for hydroxylation is 1. The third-order valence-electron chi connectivity index (χ3n) is 2.16. The Bertz CT molecular complexity index is 506. The maximum atomic E-state index is 10.6. The third-order valence-corrected chi connectivity index (χ3v) is 2.16. The van der Waals surface area contributed by atoms with Crippen LogP contribution in [0.3, 0.4) is 0 Å². The average Bonchev–Trinajstić information content (AvgIpc) is 2.16. The van der Waals surface area contributed by atoms with Crippen molar-refractivity contribution in [1.29, 1.82) is 0 Å². The summed E-state index contributed by atoms with van der Waals surface area (Å²) in [4.78, 5) is 14.8. The number of nitrogen functional groups attached to an aromatic ring is 1. The summed E-state index contributed by atoms with van der Waals surface area (Å²) < 4.78 is 0. The van der Waals surface area contributed by atoms with Crippen LogP contribution in [0.15, 0.2) is 24.3 Å². The number of nitrogens with zero attached hydrogens (tertiary/aromatic N) is 1. The SMILES string of the molecule is Cc1ccc2cc(C=O)c(N)nc2c1. The summed E-state index contributed by atoms with van der Waals surface area (Å²) in [6.45, 7) is 1.99. The highest BCUT2D eigenvalue weighted by molar-refractivity contribution is 5.91. The topological polar surface area (TPSA) is 56.0 Å². The molecule has 0 atom stereocenters. The summed E-state index contributed by atoms with van der Waals surface area (Å²) in [6.07, 6.45) is 0.724. The Kier molecular flexibility index (Phi) is 1.93. The summed E-state index contributed by atoms with van der Waals surface area (Å²) in [5.41, 5.74) is 8.01. The van der Waals surface area contributed by atoms with Gasteiger partial charge in [0.15, 0.2) is 6.29 Å². The lowest BCUT2D eigenvalue weighted by atomic mass is 10.1. The largest absolute Gasteiger partial charge is 0.383 e. The van der Waals surface area contributed by atoms with Gasteiger partial charge in [-0.1, -0.05) is 12.1 Å². The van der Waals surface area contributed by atoms with Crippen LogP contribution < -0.4 is 5.73 Å². The number of aromatic nitrogens is 1. The van der Waals surface area contributed by atoms with E-state index in [0.717, 1.165) is 22.8 Å². The predicted molar refractivity (Wildman–Crippen MR) is 56.3 cm³/mol. The quantitative estimate of drug-likeness (QED) is 0.692. The van der Waals surface area contributed by atoms with Gasteiger partial charge in [0.2, 0.25) is 0 Å². The monoisotopic (exact) mass is 186 g/mol. The summed E-state index contributed by atoms with van der Waals surface area (Å²) >= 11 is 0. The van der Waals surface area contributed by atoms with Crippen molar-refractivity contribution in [2.45, 2.75) is 6.92 Å². The molecule has 3 heteroatoms. The molecule has 3 nitrogen and oxygen atoms in total. The number of anilines is 1. The van der Waals surface area contributed by atoms with Gasteiger partial charge in [0, 0.05) is 5.39 Å². The molecule has 2 N–H and O–H groups in total. The molecule has 2 rings (SSSR count). The van der Waals surface area contributed by atoms with Crippen molar-refractivity contribution in [2.75, 3.05) is 5.73 Å². The number of hydrogen-bond donors (Lipinski definition) is 1. The summed E-state index contributed by atoms with van der Waals surface area (Å²) in [7, 11) is 0. The molecule has 0 unspecified atom stereocenters. The standard InChI is InChI=1S/C11H10N2O/c1-7-2-3-8-5-9(6-14)11(12)13-10(8)4-7/h2-6H,1H3,(H2,12,13). The van der Waals surface area contributed by atoms with E-state index in [1.807, 2.05) is 25.1 Å². The lowest BCUT2D eigenvalue weighted by Crippen LogP contribution is -1.97. The van der Waals surface area contributed by atoms with Crippen molar-refractivity contribution in [3.05, 3.63) is 35.4 Å². The second-order valence-corrected chi connectivity index (χ2v) is 3.28. The number of fused-ring (bicyclic) bond motifs is 1. The summed E-state index contributed by atoms with van der Waals surface area (Å²) in [5, 5.41) is 0.937. The van der Waals surface area contributed by atoms with Gasteiger partial charge in [-0.05, 0) is 24.6 Å². The van der Waals surface area contributed by atoms with E-state index in [1.165, 1.54) is 0 Å². The Labute approximate surface area is 81.6 Å². The third kappa shape index (κ3) is 1.33. The molecule has 2 aromatic rings. The van der Waals surface area contributed by atoms with E-state index in [-0.39, 0.29) is 5.82 Å². The van der Waals surface area contributed by atoms with Crippen molar-refractivity contribution in [3.63, 3.8) is 0 Å². The zero-order chi connectivity index (χ0) is 10.1. The van der Waals surface area contributed by atoms with Crippen LogP contribution in [0, 0.1) is 6.92 Å². The van der Waals surface area contributed by atoms with Crippen LogP contribution >= 0.6 is 0 Å². The fraction of sp³-hybridized carbons (Fsp3) is 0.0909. The lowest BCUT2D eigenvalue weighted by molar-refractivity contribution is 0.112. The minimum absolute atomic E-state index is 0.290. The highest BCUT2D eigenvalue weighted by atomic mass is 16.1. The van der Waals surface area contributed by atoms with Crippen molar-refractivity contribution >= 4 is 23.0 Å². The van der Waals surface area contributed by atoms with Gasteiger partial charge in [-0.2, -0.15) is 0 Å². The smallest absolute Gasteiger partial charge is 0.153 e. The second-order valence-electron chi connectivity index (χ2n) is 3.28. The molecular formula is C11H10N2O. The number of hydrogen-bond acceptors (Lipinski definition) is 3. The maximum Gasteiger partial charge on any atom is 0.153 e. The molecule has 0 spiro atoms. The normalized spacial score (nSPS) is 10.4. The van der Waals surface area contributed by atoms with Crippen LogP contribution in [0.25, 0.3) is 10.9 Å². The second kappa shape index (κ2) is 3.10. The lowest BCUT2D eigenvalue weighted by Gasteiger charge is -2.02. The predicted octanol–water partition coefficient (Wildman–Crippen LogP) is 1.94. The molecular weight excluding hydrogens is 176 g/mol. The van der Waals surface area contributed by atoms with Gasteiger partial charge < -0.3 is 5.73 Å². The van der Waals surface area contributed by atoms with Crippen LogP contribution in [0.5, 0.6) is 0 Å². The van der Waals surface area contributed by atoms with Gasteiger partial charge in [-0.15, -0.1) is 0 Å². The Hall–Kier alpha value is -1.90. The van der Waals surface area contributed by atoms with E-state index in [9.17, 15) is 4.79 Å². The van der Waals surface area contributed by atoms with Gasteiger partial charge in [0.05, 0.1) is 11.1 Å². The zero-order valence-electron chi connectivity index (χ0n) is 7.82. The van der Waals surface area contributed by atoms with E-state index < -0.39 is 0 Å². The molecule has 1 aromatic heterocycles. The van der Waals surface area contributed by atoms with E-state index in [1.54, 1.807) is 6.07 Å². The van der Waals surface area contributed by atoms with Crippen molar-refractivity contribution < 1.29 is 4.79 Å². The molecule has 0 aliphatic rings. The number of nitrogens with two attached hydrogens (primary N) is 1. The Morgan fingerprint density at radius 1 is 1.36 bits per heavy atom. The highest BCUT2D eigenvalue weighted by Gasteiger charge is 2.02. The fourth-order valence-electron chi connectivity index (χ4n) is 1.40. The van der Waals surface area contributed by atoms with E-state index >= 15 is 0 Å². The molecule has 70 valence electrons. The Morgan fingerprint density at radius 3 is 2.86 bits per heavy atom. The number of carbonyl (C=O) groups excluding carboxylic acids is 1. The molecule has 0 saturated heterocycles. The molecule has 0 saturated carbocycles. The summed E-state index contributed by atoms with van der Waals surface area (Å²) in [5.74, 6) is 0.290. The first-order valence-electron chi connectivity index (χ1n) is 4.33. The number of carbonyl (C=O) groups is 1. The van der Waals surface area contributed by atoms with Gasteiger partial charge in [-0.3, -0.25) is 4.79 Å². The van der Waals surface area contributed by atoms with Crippen molar-refractivity contribution in [2.24, 2.45) is 0 Å². The van der Waals surface area contributed by atoms with Crippen LogP contribution in [0.2, 0.25) is 0 Å². The van der Waals surface area contributed by atoms with Crippen molar-refractivity contribution in [1.82, 2.24) is 4.98 Å². The first-order valence-corrected chi connectivity index (χ1v) is 4.33. The van der Waals surface area contributed by atoms with Crippen LogP contribution in [-0.4, -0.2) is 11.3 Å². The molecule has 0 aliphatic heterocycles. The minimum atomic E-state index is 0.290. The molecule has 0 amide bonds. The fourth-order valence-corrected chi connectivity index (χ4v) is 1.40. The van der Waals surface area contributed by atoms with Gasteiger partial charge in [-0.25, -0.2) is 4.98 Å². The number of aldehydes is 1. The van der Waals surface area contributed by atoms with Crippen LogP contribution in [-0.2, 0) is 0 Å². The first-order chi connectivity index (χ1) is 6.70. The zero-order valence-corrected chi connectivity index (χ0v) is 7.82. The molecule has 0 radical (unpaired) electrons. The Balaban J connectivity index is 2.79. The molecule has 14 heavy (non-hydrogen) atoms. The van der Waals surface area contributed by atoms with Crippen molar-refractivity contribution in [3.8, 4) is 0 Å². The average molecular weight is 186 g/mol. The highest BCUT2D eigenvalue weighted by Crippen LogP contribution is 2.18. The van der Waals surface area contributed by atoms with E-state index in [4.69, 9.17) is 5.73 Å². The minimum Gasteiger partial charge on any atom is -0.383 e. The van der Waals surface area contributed by atoms with E-state index in [0.29, 0.717) is 5.56 Å². The molecule has 1 aromatic carbocycles. The van der Waals surface area contributed by atoms with Gasteiger partial charge in [0.1, 0.15) is 5.82 Å². The maximum absolute atomic E-state index is 10.6. The molecule has 1 heterocycles. The number of benzene rings is 1. The first kappa shape index (κ1) is 8.69. The van der Waals surface area contributed by atoms with Gasteiger partial charge in [0.25, 0.3) is 0 Å². The number of rotatable bonds is 1.